The summed E-state index contributed by atoms with van der Waals surface area (Å²) < 4.78 is 2.54. The van der Waals surface area contributed by atoms with E-state index in [2.05, 4.69) is 139 Å². The summed E-state index contributed by atoms with van der Waals surface area (Å²) in [5.41, 5.74) is 7.74. The first kappa shape index (κ1) is 22.8. The molecule has 0 bridgehead atoms. The van der Waals surface area contributed by atoms with E-state index in [1.54, 1.807) is 0 Å². The first-order valence-corrected chi connectivity index (χ1v) is 13.1. The molecule has 37 heavy (non-hydrogen) atoms. The maximum atomic E-state index is 3.89. The molecule has 0 saturated heterocycles. The second-order valence-corrected chi connectivity index (χ2v) is 9.99. The van der Waals surface area contributed by atoms with Gasteiger partial charge in [-0.15, -0.1) is 11.3 Å². The van der Waals surface area contributed by atoms with Gasteiger partial charge in [-0.05, 0) is 77.9 Å². The molecule has 1 N–H and O–H groups in total. The van der Waals surface area contributed by atoms with E-state index in [0.29, 0.717) is 0 Å². The number of fused-ring (bicyclic) bond motifs is 3. The normalized spacial score (nSPS) is 10.9. The number of benzene rings is 5. The molecule has 0 unspecified atom stereocenters. The van der Waals surface area contributed by atoms with Crippen molar-refractivity contribution in [1.29, 1.82) is 0 Å². The fourth-order valence-electron chi connectivity index (χ4n) is 4.63. The fraction of sp³-hybridized carbons (Fsp3) is 0. The highest BCUT2D eigenvalue weighted by molar-refractivity contribution is 7.25. The van der Waals surface area contributed by atoms with Gasteiger partial charge in [-0.2, -0.15) is 0 Å². The average Bonchev–Trinajstić information content (AvgIpc) is 3.32. The Labute approximate surface area is 221 Å². The zero-order valence-corrected chi connectivity index (χ0v) is 21.2. The molecular formula is C34H26N2S. The summed E-state index contributed by atoms with van der Waals surface area (Å²) in [7, 11) is 0. The first-order valence-electron chi connectivity index (χ1n) is 12.3. The number of hydrogen-bond donors (Lipinski definition) is 1. The quantitative estimate of drug-likeness (QED) is 0.237. The van der Waals surface area contributed by atoms with Gasteiger partial charge in [-0.25, -0.2) is 0 Å². The van der Waals surface area contributed by atoms with E-state index in [1.807, 2.05) is 23.5 Å². The van der Waals surface area contributed by atoms with Crippen molar-refractivity contribution in [1.82, 2.24) is 0 Å². The summed E-state index contributed by atoms with van der Waals surface area (Å²) in [6, 6.07) is 40.7. The van der Waals surface area contributed by atoms with Crippen LogP contribution in [0.25, 0.3) is 32.3 Å². The molecule has 3 heteroatoms. The van der Waals surface area contributed by atoms with Crippen molar-refractivity contribution in [3.05, 3.63) is 140 Å². The summed E-state index contributed by atoms with van der Waals surface area (Å²) in [5.74, 6) is 0. The molecule has 0 radical (unpaired) electrons. The van der Waals surface area contributed by atoms with E-state index in [1.165, 1.54) is 20.2 Å². The maximum Gasteiger partial charge on any atom is 0.0468 e. The highest BCUT2D eigenvalue weighted by Gasteiger charge is 2.14. The fourth-order valence-corrected chi connectivity index (χ4v) is 5.76. The van der Waals surface area contributed by atoms with Crippen LogP contribution >= 0.6 is 11.3 Å². The lowest BCUT2D eigenvalue weighted by Gasteiger charge is -2.25. The Bertz CT molecular complexity index is 1710. The minimum absolute atomic E-state index is 1.06. The standard InChI is InChI=1S/C34H26N2S/c1-3-24-10-14-26(15-11-24)35-27-16-20-31-32-23-30(19-21-33(32)37-34(31)22-27)36(28-8-6-5-7-9-28)29-17-12-25(4-2)13-18-29/h3-23,35H,1-2H2. The summed E-state index contributed by atoms with van der Waals surface area (Å²) >= 11 is 1.83. The SMILES string of the molecule is C=Cc1ccc(Nc2ccc3c(c2)sc2ccc(N(c4ccccc4)c4ccc(C=C)cc4)cc23)cc1. The van der Waals surface area contributed by atoms with Gasteiger partial charge in [-0.1, -0.05) is 73.8 Å². The third-order valence-corrected chi connectivity index (χ3v) is 7.68. The number of nitrogens with zero attached hydrogens (tertiary/aromatic N) is 1. The lowest BCUT2D eigenvalue weighted by molar-refractivity contribution is 1.29. The van der Waals surface area contributed by atoms with Crippen molar-refractivity contribution in [3.63, 3.8) is 0 Å². The topological polar surface area (TPSA) is 15.3 Å². The van der Waals surface area contributed by atoms with Crippen LogP contribution in [0.15, 0.2) is 128 Å². The lowest BCUT2D eigenvalue weighted by atomic mass is 10.1. The Morgan fingerprint density at radius 1 is 0.541 bits per heavy atom. The largest absolute Gasteiger partial charge is 0.355 e. The second kappa shape index (κ2) is 9.81. The predicted molar refractivity (Wildman–Crippen MR) is 164 cm³/mol. The van der Waals surface area contributed by atoms with E-state index >= 15 is 0 Å². The zero-order chi connectivity index (χ0) is 25.2. The molecule has 178 valence electrons. The van der Waals surface area contributed by atoms with Crippen LogP contribution in [0.5, 0.6) is 0 Å². The Hall–Kier alpha value is -4.60. The van der Waals surface area contributed by atoms with Crippen molar-refractivity contribution >= 4 is 72.1 Å². The maximum absolute atomic E-state index is 3.89. The van der Waals surface area contributed by atoms with Gasteiger partial charge in [0.1, 0.15) is 0 Å². The van der Waals surface area contributed by atoms with E-state index in [0.717, 1.165) is 39.6 Å². The van der Waals surface area contributed by atoms with Crippen molar-refractivity contribution < 1.29 is 0 Å². The average molecular weight is 495 g/mol. The number of anilines is 5. The summed E-state index contributed by atoms with van der Waals surface area (Å²) in [4.78, 5) is 2.30. The van der Waals surface area contributed by atoms with Gasteiger partial charge >= 0.3 is 0 Å². The predicted octanol–water partition coefficient (Wildman–Crippen LogP) is 10.6. The number of para-hydroxylation sites is 1. The molecule has 1 heterocycles. The molecule has 2 nitrogen and oxygen atoms in total. The molecule has 6 rings (SSSR count). The number of rotatable bonds is 7. The van der Waals surface area contributed by atoms with Crippen LogP contribution in [0.2, 0.25) is 0 Å². The third-order valence-electron chi connectivity index (χ3n) is 6.55. The molecule has 6 aromatic rings. The van der Waals surface area contributed by atoms with Crippen LogP contribution in [-0.2, 0) is 0 Å². The second-order valence-electron chi connectivity index (χ2n) is 8.91. The Morgan fingerprint density at radius 2 is 1.16 bits per heavy atom. The van der Waals surface area contributed by atoms with Crippen LogP contribution in [0.1, 0.15) is 11.1 Å². The van der Waals surface area contributed by atoms with Gasteiger partial charge in [0.05, 0.1) is 0 Å². The molecule has 0 aliphatic rings. The van der Waals surface area contributed by atoms with Gasteiger partial charge in [0.15, 0.2) is 0 Å². The lowest BCUT2D eigenvalue weighted by Crippen LogP contribution is -2.09. The van der Waals surface area contributed by atoms with Crippen molar-refractivity contribution in [2.24, 2.45) is 0 Å². The van der Waals surface area contributed by atoms with Crippen molar-refractivity contribution in [2.75, 3.05) is 10.2 Å². The Morgan fingerprint density at radius 3 is 1.86 bits per heavy atom. The smallest absolute Gasteiger partial charge is 0.0468 e. The molecule has 0 aliphatic carbocycles. The van der Waals surface area contributed by atoms with E-state index in [-0.39, 0.29) is 0 Å². The molecule has 1 aromatic heterocycles. The highest BCUT2D eigenvalue weighted by atomic mass is 32.1. The number of hydrogen-bond acceptors (Lipinski definition) is 3. The highest BCUT2D eigenvalue weighted by Crippen LogP contribution is 2.41. The van der Waals surface area contributed by atoms with Gasteiger partial charge in [0.2, 0.25) is 0 Å². The van der Waals surface area contributed by atoms with Crippen LogP contribution < -0.4 is 10.2 Å². The van der Waals surface area contributed by atoms with Gasteiger partial charge in [-0.3, -0.25) is 0 Å². The van der Waals surface area contributed by atoms with Crippen LogP contribution in [0.3, 0.4) is 0 Å². The zero-order valence-electron chi connectivity index (χ0n) is 20.4. The molecule has 5 aromatic carbocycles. The van der Waals surface area contributed by atoms with Gasteiger partial charge in [0.25, 0.3) is 0 Å². The minimum Gasteiger partial charge on any atom is -0.355 e. The summed E-state index contributed by atoms with van der Waals surface area (Å²) in [5, 5.41) is 6.07. The molecule has 0 amide bonds. The van der Waals surface area contributed by atoms with E-state index < -0.39 is 0 Å². The van der Waals surface area contributed by atoms with Gasteiger partial charge in [0, 0.05) is 48.6 Å². The molecule has 0 aliphatic heterocycles. The minimum atomic E-state index is 1.06. The molecule has 0 fully saturated rings. The molecular weight excluding hydrogens is 468 g/mol. The van der Waals surface area contributed by atoms with Crippen molar-refractivity contribution in [3.8, 4) is 0 Å². The molecule has 0 spiro atoms. The monoisotopic (exact) mass is 494 g/mol. The Kier molecular flexibility index (Phi) is 6.05. The third kappa shape index (κ3) is 4.53. The van der Waals surface area contributed by atoms with Crippen molar-refractivity contribution in [2.45, 2.75) is 0 Å². The number of nitrogens with one attached hydrogen (secondary N) is 1. The van der Waals surface area contributed by atoms with Crippen LogP contribution in [0.4, 0.5) is 28.4 Å². The molecule has 0 atom stereocenters. The molecule has 0 saturated carbocycles. The first-order chi connectivity index (χ1) is 18.2. The number of thiophene rings is 1. The summed E-state index contributed by atoms with van der Waals surface area (Å²) in [6.07, 6.45) is 3.73. The summed E-state index contributed by atoms with van der Waals surface area (Å²) in [6.45, 7) is 7.73. The van der Waals surface area contributed by atoms with E-state index in [9.17, 15) is 0 Å². The van der Waals surface area contributed by atoms with Crippen LogP contribution in [0, 0.1) is 0 Å². The van der Waals surface area contributed by atoms with E-state index in [4.69, 9.17) is 0 Å². The van der Waals surface area contributed by atoms with Gasteiger partial charge < -0.3 is 10.2 Å². The Balaban J connectivity index is 1.40. The van der Waals surface area contributed by atoms with Crippen LogP contribution in [-0.4, -0.2) is 0 Å².